The van der Waals surface area contributed by atoms with Crippen molar-refractivity contribution in [3.05, 3.63) is 41.3 Å². The summed E-state index contributed by atoms with van der Waals surface area (Å²) in [6.07, 6.45) is 6.76. The zero-order valence-electron chi connectivity index (χ0n) is 11.8. The van der Waals surface area contributed by atoms with Crippen LogP contribution in [0.15, 0.2) is 30.7 Å². The number of aryl methyl sites for hydroxylation is 1. The summed E-state index contributed by atoms with van der Waals surface area (Å²) in [5.41, 5.74) is 3.25. The average Bonchev–Trinajstić information content (AvgIpc) is 3.17. The standard InChI is InChI=1S/C15H16ClN5/c1-20-9-12(8-18-20)21-15-5-13(10-2-3-17-6-10)14(16)4-11(15)7-19-21/h4-5,7-10,17H,2-3,6H2,1H3. The number of halogens is 1. The summed E-state index contributed by atoms with van der Waals surface area (Å²) in [6, 6.07) is 4.19. The minimum Gasteiger partial charge on any atom is -0.316 e. The maximum absolute atomic E-state index is 6.46. The maximum Gasteiger partial charge on any atom is 0.103 e. The molecule has 1 aromatic carbocycles. The first-order valence-corrected chi connectivity index (χ1v) is 7.47. The molecule has 1 fully saturated rings. The van der Waals surface area contributed by atoms with Gasteiger partial charge in [0, 0.05) is 24.0 Å². The molecule has 0 aliphatic carbocycles. The number of benzene rings is 1. The van der Waals surface area contributed by atoms with Crippen molar-refractivity contribution in [2.24, 2.45) is 7.05 Å². The monoisotopic (exact) mass is 301 g/mol. The first-order chi connectivity index (χ1) is 10.2. The maximum atomic E-state index is 6.46. The SMILES string of the molecule is Cn1cc(-n2ncc3cc(Cl)c(C4CCNC4)cc32)cn1. The molecule has 0 radical (unpaired) electrons. The lowest BCUT2D eigenvalue weighted by Crippen LogP contribution is -2.08. The molecule has 6 heteroatoms. The van der Waals surface area contributed by atoms with Gasteiger partial charge in [-0.05, 0) is 36.6 Å². The number of aromatic nitrogens is 4. The van der Waals surface area contributed by atoms with Gasteiger partial charge in [-0.25, -0.2) is 4.68 Å². The molecule has 108 valence electrons. The van der Waals surface area contributed by atoms with E-state index in [0.29, 0.717) is 5.92 Å². The van der Waals surface area contributed by atoms with E-state index >= 15 is 0 Å². The van der Waals surface area contributed by atoms with Crippen molar-refractivity contribution in [2.75, 3.05) is 13.1 Å². The second-order valence-corrected chi connectivity index (χ2v) is 5.96. The zero-order valence-corrected chi connectivity index (χ0v) is 12.5. The van der Waals surface area contributed by atoms with Crippen LogP contribution < -0.4 is 5.32 Å². The third-order valence-corrected chi connectivity index (χ3v) is 4.45. The molecule has 3 aromatic rings. The molecule has 21 heavy (non-hydrogen) atoms. The van der Waals surface area contributed by atoms with Crippen molar-refractivity contribution in [1.29, 1.82) is 0 Å². The third-order valence-electron chi connectivity index (χ3n) is 4.12. The van der Waals surface area contributed by atoms with Crippen LogP contribution in [-0.2, 0) is 7.05 Å². The summed E-state index contributed by atoms with van der Waals surface area (Å²) in [7, 11) is 1.90. The fraction of sp³-hybridized carbons (Fsp3) is 0.333. The largest absolute Gasteiger partial charge is 0.316 e. The lowest BCUT2D eigenvalue weighted by Gasteiger charge is -2.12. The molecule has 0 bridgehead atoms. The molecule has 1 aliphatic heterocycles. The first kappa shape index (κ1) is 12.9. The van der Waals surface area contributed by atoms with E-state index in [-0.39, 0.29) is 0 Å². The van der Waals surface area contributed by atoms with Crippen LogP contribution in [0.5, 0.6) is 0 Å². The molecule has 1 atom stereocenters. The van der Waals surface area contributed by atoms with E-state index in [1.807, 2.05) is 36.4 Å². The number of hydrogen-bond donors (Lipinski definition) is 1. The van der Waals surface area contributed by atoms with Crippen molar-refractivity contribution in [2.45, 2.75) is 12.3 Å². The zero-order chi connectivity index (χ0) is 14.4. The molecule has 2 aromatic heterocycles. The van der Waals surface area contributed by atoms with Gasteiger partial charge in [0.25, 0.3) is 0 Å². The minimum absolute atomic E-state index is 0.485. The first-order valence-electron chi connectivity index (χ1n) is 7.09. The number of nitrogens with zero attached hydrogens (tertiary/aromatic N) is 4. The number of nitrogens with one attached hydrogen (secondary N) is 1. The molecule has 0 amide bonds. The number of rotatable bonds is 2. The van der Waals surface area contributed by atoms with Gasteiger partial charge in [0.1, 0.15) is 5.69 Å². The van der Waals surface area contributed by atoms with Crippen LogP contribution in [0.3, 0.4) is 0 Å². The van der Waals surface area contributed by atoms with Gasteiger partial charge in [0.2, 0.25) is 0 Å². The van der Waals surface area contributed by atoms with Crippen molar-refractivity contribution in [1.82, 2.24) is 24.9 Å². The Morgan fingerprint density at radius 1 is 1.29 bits per heavy atom. The molecular formula is C15H16ClN5. The van der Waals surface area contributed by atoms with E-state index in [1.165, 1.54) is 5.56 Å². The predicted octanol–water partition coefficient (Wildman–Crippen LogP) is 2.49. The number of hydrogen-bond acceptors (Lipinski definition) is 3. The lowest BCUT2D eigenvalue weighted by molar-refractivity contribution is 0.763. The summed E-state index contributed by atoms with van der Waals surface area (Å²) in [4.78, 5) is 0. The van der Waals surface area contributed by atoms with E-state index < -0.39 is 0 Å². The van der Waals surface area contributed by atoms with Gasteiger partial charge in [-0.3, -0.25) is 4.68 Å². The lowest BCUT2D eigenvalue weighted by atomic mass is 9.97. The van der Waals surface area contributed by atoms with E-state index in [4.69, 9.17) is 11.6 Å². The Labute approximate surface area is 127 Å². The summed E-state index contributed by atoms with van der Waals surface area (Å²) >= 11 is 6.46. The molecule has 1 unspecified atom stereocenters. The van der Waals surface area contributed by atoms with Gasteiger partial charge in [0.15, 0.2) is 0 Å². The van der Waals surface area contributed by atoms with Gasteiger partial charge in [-0.15, -0.1) is 0 Å². The van der Waals surface area contributed by atoms with Crippen LogP contribution in [0.1, 0.15) is 17.9 Å². The molecule has 4 rings (SSSR count). The van der Waals surface area contributed by atoms with Crippen LogP contribution >= 0.6 is 11.6 Å². The highest BCUT2D eigenvalue weighted by atomic mass is 35.5. The third kappa shape index (κ3) is 2.13. The Bertz CT molecular complexity index is 798. The molecule has 5 nitrogen and oxygen atoms in total. The van der Waals surface area contributed by atoms with Crippen molar-refractivity contribution >= 4 is 22.5 Å². The molecule has 3 heterocycles. The average molecular weight is 302 g/mol. The molecule has 0 saturated carbocycles. The van der Waals surface area contributed by atoms with Crippen LogP contribution in [0, 0.1) is 0 Å². The summed E-state index contributed by atoms with van der Waals surface area (Å²) in [6.45, 7) is 2.05. The highest BCUT2D eigenvalue weighted by Gasteiger charge is 2.21. The Balaban J connectivity index is 1.88. The Morgan fingerprint density at radius 3 is 2.90 bits per heavy atom. The topological polar surface area (TPSA) is 47.7 Å². The predicted molar refractivity (Wildman–Crippen MR) is 83.1 cm³/mol. The van der Waals surface area contributed by atoms with E-state index in [0.717, 1.165) is 41.1 Å². The van der Waals surface area contributed by atoms with Crippen LogP contribution in [0.2, 0.25) is 5.02 Å². The van der Waals surface area contributed by atoms with Gasteiger partial charge < -0.3 is 5.32 Å². The second-order valence-electron chi connectivity index (χ2n) is 5.55. The van der Waals surface area contributed by atoms with Gasteiger partial charge in [-0.1, -0.05) is 11.6 Å². The minimum atomic E-state index is 0.485. The Hall–Kier alpha value is -1.85. The number of fused-ring (bicyclic) bond motifs is 1. The summed E-state index contributed by atoms with van der Waals surface area (Å²) in [5.74, 6) is 0.485. The molecule has 1 aliphatic rings. The van der Waals surface area contributed by atoms with Crippen LogP contribution in [-0.4, -0.2) is 32.7 Å². The molecule has 0 spiro atoms. The summed E-state index contributed by atoms with van der Waals surface area (Å²) in [5, 5.41) is 14.0. The molecule has 1 saturated heterocycles. The smallest absolute Gasteiger partial charge is 0.103 e. The van der Waals surface area contributed by atoms with Gasteiger partial charge in [0.05, 0.1) is 24.1 Å². The fourth-order valence-corrected chi connectivity index (χ4v) is 3.35. The van der Waals surface area contributed by atoms with Crippen LogP contribution in [0.4, 0.5) is 0 Å². The van der Waals surface area contributed by atoms with Crippen molar-refractivity contribution < 1.29 is 0 Å². The van der Waals surface area contributed by atoms with Crippen molar-refractivity contribution in [3.63, 3.8) is 0 Å². The van der Waals surface area contributed by atoms with E-state index in [9.17, 15) is 0 Å². The highest BCUT2D eigenvalue weighted by Crippen LogP contribution is 2.33. The van der Waals surface area contributed by atoms with Gasteiger partial charge in [-0.2, -0.15) is 10.2 Å². The Kier molecular flexibility index (Phi) is 2.97. The normalized spacial score (nSPS) is 18.7. The quantitative estimate of drug-likeness (QED) is 0.791. The fourth-order valence-electron chi connectivity index (χ4n) is 3.02. The van der Waals surface area contributed by atoms with Crippen LogP contribution in [0.25, 0.3) is 16.6 Å². The van der Waals surface area contributed by atoms with E-state index in [2.05, 4.69) is 21.6 Å². The van der Waals surface area contributed by atoms with Crippen molar-refractivity contribution in [3.8, 4) is 5.69 Å². The summed E-state index contributed by atoms with van der Waals surface area (Å²) < 4.78 is 3.70. The second kappa shape index (κ2) is 4.86. The Morgan fingerprint density at radius 2 is 2.19 bits per heavy atom. The van der Waals surface area contributed by atoms with E-state index in [1.54, 1.807) is 4.68 Å². The highest BCUT2D eigenvalue weighted by molar-refractivity contribution is 6.32. The van der Waals surface area contributed by atoms with Gasteiger partial charge >= 0.3 is 0 Å². The molecular weight excluding hydrogens is 286 g/mol. The molecule has 1 N–H and O–H groups in total.